The number of nitrogens with two attached hydrogens (primary N) is 1. The van der Waals surface area contributed by atoms with Crippen LogP contribution in [0.2, 0.25) is 0 Å². The molecule has 0 bridgehead atoms. The van der Waals surface area contributed by atoms with Crippen molar-refractivity contribution in [2.45, 2.75) is 13.0 Å². The second kappa shape index (κ2) is 4.05. The molecule has 3 nitrogen and oxygen atoms in total. The molecule has 70 valence electrons. The largest absolute Gasteiger partial charge is 0.496 e. The molecular weight excluding hydrogens is 166 g/mol. The first-order valence-electron chi connectivity index (χ1n) is 4.07. The second-order valence-corrected chi connectivity index (χ2v) is 2.91. The fourth-order valence-electron chi connectivity index (χ4n) is 1.18. The van der Waals surface area contributed by atoms with Crippen molar-refractivity contribution in [2.75, 3.05) is 7.11 Å². The van der Waals surface area contributed by atoms with Gasteiger partial charge in [0.1, 0.15) is 12.0 Å². The van der Waals surface area contributed by atoms with E-state index in [0.717, 1.165) is 17.6 Å². The van der Waals surface area contributed by atoms with E-state index >= 15 is 0 Å². The summed E-state index contributed by atoms with van der Waals surface area (Å²) in [5.41, 5.74) is 7.19. The van der Waals surface area contributed by atoms with Crippen molar-refractivity contribution in [3.8, 4) is 5.75 Å². The van der Waals surface area contributed by atoms with Crippen molar-refractivity contribution >= 4 is 6.29 Å². The van der Waals surface area contributed by atoms with Crippen molar-refractivity contribution in [2.24, 2.45) is 5.73 Å². The molecular formula is C10H13NO2. The van der Waals surface area contributed by atoms with Gasteiger partial charge in [-0.1, -0.05) is 0 Å². The van der Waals surface area contributed by atoms with Crippen LogP contribution in [0.4, 0.5) is 0 Å². The summed E-state index contributed by atoms with van der Waals surface area (Å²) in [6.45, 7) is 1.85. The first kappa shape index (κ1) is 9.74. The lowest BCUT2D eigenvalue weighted by atomic mass is 10.1. The van der Waals surface area contributed by atoms with E-state index in [1.54, 1.807) is 25.3 Å². The zero-order valence-corrected chi connectivity index (χ0v) is 7.78. The van der Waals surface area contributed by atoms with Gasteiger partial charge in [0.25, 0.3) is 0 Å². The van der Waals surface area contributed by atoms with E-state index in [4.69, 9.17) is 10.5 Å². The third kappa shape index (κ3) is 2.06. The minimum atomic E-state index is -0.130. The van der Waals surface area contributed by atoms with Crippen LogP contribution in [-0.2, 0) is 0 Å². The van der Waals surface area contributed by atoms with Crippen LogP contribution < -0.4 is 10.5 Å². The molecule has 0 aliphatic heterocycles. The number of carbonyl (C=O) groups is 1. The lowest BCUT2D eigenvalue weighted by Gasteiger charge is -2.11. The summed E-state index contributed by atoms with van der Waals surface area (Å²) in [6, 6.07) is 5.08. The molecule has 0 aliphatic rings. The lowest BCUT2D eigenvalue weighted by Crippen LogP contribution is -2.07. The Hall–Kier alpha value is -1.35. The van der Waals surface area contributed by atoms with E-state index in [0.29, 0.717) is 5.56 Å². The maximum absolute atomic E-state index is 10.5. The predicted octanol–water partition coefficient (Wildman–Crippen LogP) is 1.53. The second-order valence-electron chi connectivity index (χ2n) is 2.91. The molecule has 0 saturated carbocycles. The lowest BCUT2D eigenvalue weighted by molar-refractivity contribution is 0.112. The van der Waals surface area contributed by atoms with E-state index in [1.165, 1.54) is 0 Å². The summed E-state index contributed by atoms with van der Waals surface area (Å²) in [7, 11) is 1.59. The molecule has 1 rings (SSSR count). The standard InChI is InChI=1S/C10H13NO2/c1-7(11)9-5-8(6-12)3-4-10(9)13-2/h3-7H,11H2,1-2H3. The molecule has 0 spiro atoms. The van der Waals surface area contributed by atoms with E-state index in [-0.39, 0.29) is 6.04 Å². The van der Waals surface area contributed by atoms with Crippen LogP contribution in [0, 0.1) is 0 Å². The highest BCUT2D eigenvalue weighted by atomic mass is 16.5. The van der Waals surface area contributed by atoms with Crippen molar-refractivity contribution in [1.82, 2.24) is 0 Å². The van der Waals surface area contributed by atoms with Gasteiger partial charge in [-0.3, -0.25) is 4.79 Å². The summed E-state index contributed by atoms with van der Waals surface area (Å²) in [5, 5.41) is 0. The van der Waals surface area contributed by atoms with Crippen molar-refractivity contribution in [3.05, 3.63) is 29.3 Å². The van der Waals surface area contributed by atoms with E-state index < -0.39 is 0 Å². The fourth-order valence-corrected chi connectivity index (χ4v) is 1.18. The van der Waals surface area contributed by atoms with Gasteiger partial charge in [0, 0.05) is 17.2 Å². The highest BCUT2D eigenvalue weighted by Gasteiger charge is 2.07. The van der Waals surface area contributed by atoms with Crippen LogP contribution in [-0.4, -0.2) is 13.4 Å². The van der Waals surface area contributed by atoms with Crippen LogP contribution >= 0.6 is 0 Å². The smallest absolute Gasteiger partial charge is 0.150 e. The quantitative estimate of drug-likeness (QED) is 0.716. The molecule has 13 heavy (non-hydrogen) atoms. The summed E-state index contributed by atoms with van der Waals surface area (Å²) in [6.07, 6.45) is 0.797. The number of carbonyl (C=O) groups excluding carboxylic acids is 1. The molecule has 0 aromatic heterocycles. The van der Waals surface area contributed by atoms with Crippen LogP contribution in [0.15, 0.2) is 18.2 Å². The number of rotatable bonds is 3. The molecule has 0 saturated heterocycles. The first-order valence-corrected chi connectivity index (χ1v) is 4.07. The molecule has 0 amide bonds. The van der Waals surface area contributed by atoms with Gasteiger partial charge in [-0.15, -0.1) is 0 Å². The molecule has 0 heterocycles. The minimum Gasteiger partial charge on any atom is -0.496 e. The van der Waals surface area contributed by atoms with Crippen molar-refractivity contribution in [3.63, 3.8) is 0 Å². The predicted molar refractivity (Wildman–Crippen MR) is 51.0 cm³/mol. The van der Waals surface area contributed by atoms with E-state index in [1.807, 2.05) is 6.92 Å². The Morgan fingerprint density at radius 2 is 2.23 bits per heavy atom. The van der Waals surface area contributed by atoms with Crippen molar-refractivity contribution < 1.29 is 9.53 Å². The van der Waals surface area contributed by atoms with Crippen LogP contribution in [0.1, 0.15) is 28.9 Å². The van der Waals surface area contributed by atoms with Crippen LogP contribution in [0.25, 0.3) is 0 Å². The summed E-state index contributed by atoms with van der Waals surface area (Å²) in [5.74, 6) is 0.723. The number of hydrogen-bond acceptors (Lipinski definition) is 3. The average Bonchev–Trinajstić information content (AvgIpc) is 2.16. The highest BCUT2D eigenvalue weighted by Crippen LogP contribution is 2.23. The Bertz CT molecular complexity index is 308. The molecule has 1 atom stereocenters. The number of benzene rings is 1. The Labute approximate surface area is 77.5 Å². The highest BCUT2D eigenvalue weighted by molar-refractivity contribution is 5.75. The topological polar surface area (TPSA) is 52.3 Å². The summed E-state index contributed by atoms with van der Waals surface area (Å²) in [4.78, 5) is 10.5. The summed E-state index contributed by atoms with van der Waals surface area (Å²) >= 11 is 0. The SMILES string of the molecule is COc1ccc(C=O)cc1C(C)N. The minimum absolute atomic E-state index is 0.130. The van der Waals surface area contributed by atoms with Crippen LogP contribution in [0.3, 0.4) is 0 Å². The number of hydrogen-bond donors (Lipinski definition) is 1. The van der Waals surface area contributed by atoms with Gasteiger partial charge in [-0.25, -0.2) is 0 Å². The Balaban J connectivity index is 3.17. The van der Waals surface area contributed by atoms with Gasteiger partial charge in [-0.2, -0.15) is 0 Å². The molecule has 1 aromatic rings. The molecule has 1 unspecified atom stereocenters. The van der Waals surface area contributed by atoms with Crippen molar-refractivity contribution in [1.29, 1.82) is 0 Å². The van der Waals surface area contributed by atoms with Gasteiger partial charge < -0.3 is 10.5 Å². The van der Waals surface area contributed by atoms with E-state index in [9.17, 15) is 4.79 Å². The molecule has 3 heteroatoms. The number of ether oxygens (including phenoxy) is 1. The third-order valence-corrected chi connectivity index (χ3v) is 1.88. The third-order valence-electron chi connectivity index (χ3n) is 1.88. The maximum atomic E-state index is 10.5. The Morgan fingerprint density at radius 3 is 2.69 bits per heavy atom. The Morgan fingerprint density at radius 1 is 1.54 bits per heavy atom. The Kier molecular flexibility index (Phi) is 3.03. The van der Waals surface area contributed by atoms with E-state index in [2.05, 4.69) is 0 Å². The summed E-state index contributed by atoms with van der Waals surface area (Å²) < 4.78 is 5.11. The van der Waals surface area contributed by atoms with Crippen LogP contribution in [0.5, 0.6) is 5.75 Å². The monoisotopic (exact) mass is 179 g/mol. The van der Waals surface area contributed by atoms with Gasteiger partial charge in [-0.05, 0) is 25.1 Å². The zero-order valence-electron chi connectivity index (χ0n) is 7.78. The van der Waals surface area contributed by atoms with Gasteiger partial charge in [0.2, 0.25) is 0 Å². The van der Waals surface area contributed by atoms with Gasteiger partial charge in [0.05, 0.1) is 7.11 Å². The molecule has 1 aromatic carbocycles. The first-order chi connectivity index (χ1) is 6.19. The average molecular weight is 179 g/mol. The van der Waals surface area contributed by atoms with Gasteiger partial charge >= 0.3 is 0 Å². The molecule has 2 N–H and O–H groups in total. The molecule has 0 aliphatic carbocycles. The molecule has 0 fully saturated rings. The normalized spacial score (nSPS) is 12.2. The number of methoxy groups -OCH3 is 1. The fraction of sp³-hybridized carbons (Fsp3) is 0.300. The zero-order chi connectivity index (χ0) is 9.84. The van der Waals surface area contributed by atoms with Gasteiger partial charge in [0.15, 0.2) is 0 Å². The maximum Gasteiger partial charge on any atom is 0.150 e. The number of aldehydes is 1. The molecule has 0 radical (unpaired) electrons.